The Morgan fingerprint density at radius 1 is 1.45 bits per heavy atom. The minimum Gasteiger partial charge on any atom is -0.379 e. The van der Waals surface area contributed by atoms with Gasteiger partial charge < -0.3 is 5.73 Å². The number of fused-ring (bicyclic) bond motifs is 1. The normalized spacial score (nSPS) is 18.2. The van der Waals surface area contributed by atoms with Crippen molar-refractivity contribution in [2.75, 3.05) is 5.75 Å². The van der Waals surface area contributed by atoms with Crippen LogP contribution in [0.2, 0.25) is 0 Å². The Hall–Kier alpha value is -0.450. The zero-order valence-corrected chi connectivity index (χ0v) is 14.9. The van der Waals surface area contributed by atoms with Crippen molar-refractivity contribution in [1.29, 1.82) is 5.41 Å². The van der Waals surface area contributed by atoms with Crippen LogP contribution in [0.15, 0.2) is 28.7 Å². The highest BCUT2D eigenvalue weighted by Gasteiger charge is 2.28. The highest BCUT2D eigenvalue weighted by molar-refractivity contribution is 9.10. The molecule has 1 aromatic rings. The fourth-order valence-corrected chi connectivity index (χ4v) is 3.43. The number of thioether (sulfide) groups is 1. The zero-order chi connectivity index (χ0) is 14.0. The molecule has 0 amide bonds. The third-order valence-electron chi connectivity index (χ3n) is 3.32. The van der Waals surface area contributed by atoms with Crippen LogP contribution in [0.25, 0.3) is 5.57 Å². The van der Waals surface area contributed by atoms with E-state index in [4.69, 9.17) is 11.1 Å². The summed E-state index contributed by atoms with van der Waals surface area (Å²) in [6.45, 7) is 4.62. The van der Waals surface area contributed by atoms with E-state index < -0.39 is 0 Å². The number of rotatable bonds is 2. The van der Waals surface area contributed by atoms with Crippen LogP contribution in [0.1, 0.15) is 31.4 Å². The molecule has 0 fully saturated rings. The van der Waals surface area contributed by atoms with E-state index in [0.717, 1.165) is 23.1 Å². The number of nitrogens with two attached hydrogens (primary N) is 1. The molecule has 0 saturated heterocycles. The summed E-state index contributed by atoms with van der Waals surface area (Å²) in [6.07, 6.45) is 4.42. The average Bonchev–Trinajstić information content (AvgIpc) is 2.28. The average molecular weight is 376 g/mol. The van der Waals surface area contributed by atoms with Crippen LogP contribution in [0, 0.1) is 10.8 Å². The molecular formula is C15H20BrClN2S. The molecule has 1 aromatic carbocycles. The lowest BCUT2D eigenvalue weighted by molar-refractivity contribution is 0.365. The van der Waals surface area contributed by atoms with E-state index in [1.807, 2.05) is 0 Å². The number of benzene rings is 1. The largest absolute Gasteiger partial charge is 0.379 e. The van der Waals surface area contributed by atoms with E-state index in [1.165, 1.54) is 28.5 Å². The lowest BCUT2D eigenvalue weighted by Crippen LogP contribution is -2.21. The summed E-state index contributed by atoms with van der Waals surface area (Å²) in [4.78, 5) is 0. The fraction of sp³-hybridized carbons (Fsp3) is 0.400. The molecule has 5 heteroatoms. The molecule has 1 aliphatic rings. The van der Waals surface area contributed by atoms with E-state index in [0.29, 0.717) is 5.41 Å². The molecular weight excluding hydrogens is 356 g/mol. The third kappa shape index (κ3) is 4.54. The molecule has 20 heavy (non-hydrogen) atoms. The number of allylic oxidation sites excluding steroid dienone is 1. The van der Waals surface area contributed by atoms with Gasteiger partial charge in [0.2, 0.25) is 0 Å². The maximum Gasteiger partial charge on any atom is 0.151 e. The van der Waals surface area contributed by atoms with Gasteiger partial charge >= 0.3 is 0 Å². The lowest BCUT2D eigenvalue weighted by atomic mass is 9.72. The van der Waals surface area contributed by atoms with Crippen molar-refractivity contribution in [2.45, 2.75) is 26.7 Å². The Morgan fingerprint density at radius 2 is 2.15 bits per heavy atom. The van der Waals surface area contributed by atoms with Crippen LogP contribution >= 0.6 is 40.1 Å². The SMILES string of the molecule is CC1(C)C/C(=C\CSC(=N)N)c2cc(Br)ccc2C1.Cl. The Balaban J connectivity index is 0.00000200. The topological polar surface area (TPSA) is 49.9 Å². The van der Waals surface area contributed by atoms with E-state index in [-0.39, 0.29) is 17.6 Å². The maximum absolute atomic E-state index is 7.27. The first-order chi connectivity index (χ1) is 8.87. The van der Waals surface area contributed by atoms with Crippen molar-refractivity contribution < 1.29 is 0 Å². The van der Waals surface area contributed by atoms with Crippen LogP contribution in [0.3, 0.4) is 0 Å². The number of nitrogens with one attached hydrogen (secondary N) is 1. The zero-order valence-electron chi connectivity index (χ0n) is 11.7. The standard InChI is InChI=1S/C15H19BrN2S.ClH/c1-15(2)8-10-3-4-12(16)7-13(10)11(9-15)5-6-19-14(17)18;/h3-5,7H,6,8-9H2,1-2H3,(H3,17,18);1H/b11-5+;. The van der Waals surface area contributed by atoms with Crippen LogP contribution in [0.5, 0.6) is 0 Å². The van der Waals surface area contributed by atoms with Crippen molar-refractivity contribution in [1.82, 2.24) is 0 Å². The molecule has 0 aromatic heterocycles. The Kier molecular flexibility index (Phi) is 6.17. The predicted molar refractivity (Wildman–Crippen MR) is 95.8 cm³/mol. The molecule has 110 valence electrons. The molecule has 0 radical (unpaired) electrons. The van der Waals surface area contributed by atoms with Crippen LogP contribution in [-0.2, 0) is 6.42 Å². The molecule has 0 saturated carbocycles. The third-order valence-corrected chi connectivity index (χ3v) is 4.46. The van der Waals surface area contributed by atoms with E-state index >= 15 is 0 Å². The molecule has 0 heterocycles. The number of halogens is 2. The highest BCUT2D eigenvalue weighted by Crippen LogP contribution is 2.42. The van der Waals surface area contributed by atoms with Gasteiger partial charge in [-0.25, -0.2) is 0 Å². The quantitative estimate of drug-likeness (QED) is 0.573. The second-order valence-corrected chi connectivity index (χ2v) is 7.70. The number of hydrogen-bond acceptors (Lipinski definition) is 2. The van der Waals surface area contributed by atoms with Crippen LogP contribution < -0.4 is 5.73 Å². The molecule has 0 bridgehead atoms. The van der Waals surface area contributed by atoms with Crippen molar-refractivity contribution in [2.24, 2.45) is 11.1 Å². The van der Waals surface area contributed by atoms with Gasteiger partial charge in [-0.3, -0.25) is 5.41 Å². The lowest BCUT2D eigenvalue weighted by Gasteiger charge is -2.33. The summed E-state index contributed by atoms with van der Waals surface area (Å²) >= 11 is 4.93. The summed E-state index contributed by atoms with van der Waals surface area (Å²) in [5, 5.41) is 7.45. The summed E-state index contributed by atoms with van der Waals surface area (Å²) in [5.74, 6) is 0.771. The van der Waals surface area contributed by atoms with Gasteiger partial charge in [0.05, 0.1) is 0 Å². The monoisotopic (exact) mass is 374 g/mol. The number of hydrogen-bond donors (Lipinski definition) is 2. The Labute approximate surface area is 139 Å². The number of amidine groups is 1. The minimum atomic E-state index is 0. The summed E-state index contributed by atoms with van der Waals surface area (Å²) in [5.41, 5.74) is 9.83. The summed E-state index contributed by atoms with van der Waals surface area (Å²) in [7, 11) is 0. The van der Waals surface area contributed by atoms with Crippen molar-refractivity contribution in [3.63, 3.8) is 0 Å². The second kappa shape index (κ2) is 7.01. The van der Waals surface area contributed by atoms with Crippen LogP contribution in [0.4, 0.5) is 0 Å². The first-order valence-corrected chi connectivity index (χ1v) is 8.10. The van der Waals surface area contributed by atoms with E-state index in [9.17, 15) is 0 Å². The van der Waals surface area contributed by atoms with E-state index in [1.54, 1.807) is 0 Å². The van der Waals surface area contributed by atoms with E-state index in [2.05, 4.69) is 54.1 Å². The molecule has 2 rings (SSSR count). The van der Waals surface area contributed by atoms with Gasteiger partial charge in [-0.05, 0) is 47.1 Å². The molecule has 2 nitrogen and oxygen atoms in total. The fourth-order valence-electron chi connectivity index (χ4n) is 2.60. The molecule has 0 aliphatic heterocycles. The molecule has 0 spiro atoms. The van der Waals surface area contributed by atoms with Gasteiger partial charge in [0.15, 0.2) is 5.17 Å². The minimum absolute atomic E-state index is 0. The van der Waals surface area contributed by atoms with Gasteiger partial charge in [-0.1, -0.05) is 53.7 Å². The molecule has 1 aliphatic carbocycles. The Bertz CT molecular complexity index is 541. The Morgan fingerprint density at radius 3 is 2.80 bits per heavy atom. The van der Waals surface area contributed by atoms with Gasteiger partial charge in [-0.2, -0.15) is 0 Å². The second-order valence-electron chi connectivity index (χ2n) is 5.72. The van der Waals surface area contributed by atoms with Gasteiger partial charge in [0, 0.05) is 10.2 Å². The smallest absolute Gasteiger partial charge is 0.151 e. The van der Waals surface area contributed by atoms with Crippen molar-refractivity contribution >= 4 is 50.8 Å². The van der Waals surface area contributed by atoms with Gasteiger partial charge in [0.1, 0.15) is 0 Å². The maximum atomic E-state index is 7.27. The predicted octanol–water partition coefficient (Wildman–Crippen LogP) is 4.85. The van der Waals surface area contributed by atoms with Crippen molar-refractivity contribution in [3.05, 3.63) is 39.9 Å². The van der Waals surface area contributed by atoms with Crippen molar-refractivity contribution in [3.8, 4) is 0 Å². The van der Waals surface area contributed by atoms with Crippen LogP contribution in [-0.4, -0.2) is 10.9 Å². The van der Waals surface area contributed by atoms with Gasteiger partial charge in [0.25, 0.3) is 0 Å². The van der Waals surface area contributed by atoms with Gasteiger partial charge in [-0.15, -0.1) is 12.4 Å². The molecule has 3 N–H and O–H groups in total. The first kappa shape index (κ1) is 17.6. The summed E-state index contributed by atoms with van der Waals surface area (Å²) in [6, 6.07) is 6.53. The molecule has 0 unspecified atom stereocenters. The first-order valence-electron chi connectivity index (χ1n) is 6.32. The summed E-state index contributed by atoms with van der Waals surface area (Å²) < 4.78 is 1.12. The highest BCUT2D eigenvalue weighted by atomic mass is 79.9. The molecule has 0 atom stereocenters.